The van der Waals surface area contributed by atoms with E-state index in [1.165, 1.54) is 25.9 Å². The van der Waals surface area contributed by atoms with Crippen molar-refractivity contribution in [2.24, 2.45) is 11.8 Å². The molecule has 2 heteroatoms. The van der Waals surface area contributed by atoms with E-state index in [4.69, 9.17) is 7.85 Å². The molecule has 0 aromatic heterocycles. The summed E-state index contributed by atoms with van der Waals surface area (Å²) >= 11 is 0. The van der Waals surface area contributed by atoms with Crippen LogP contribution in [0, 0.1) is 11.8 Å². The maximum absolute atomic E-state index is 5.80. The van der Waals surface area contributed by atoms with Crippen molar-refractivity contribution in [3.63, 3.8) is 0 Å². The molecule has 1 saturated carbocycles. The van der Waals surface area contributed by atoms with Gasteiger partial charge in [-0.3, -0.25) is 0 Å². The molecule has 2 aliphatic rings. The van der Waals surface area contributed by atoms with Gasteiger partial charge in [0, 0.05) is 0 Å². The summed E-state index contributed by atoms with van der Waals surface area (Å²) < 4.78 is 0. The third kappa shape index (κ3) is 0.897. The Bertz CT molecular complexity index is 103. The average molecular weight is 121 g/mol. The zero-order valence-corrected chi connectivity index (χ0v) is 5.64. The maximum Gasteiger partial charge on any atom is 0.0699 e. The van der Waals surface area contributed by atoms with Gasteiger partial charge in [0.25, 0.3) is 0 Å². The van der Waals surface area contributed by atoms with E-state index >= 15 is 0 Å². The normalized spacial score (nSPS) is 49.6. The van der Waals surface area contributed by atoms with Gasteiger partial charge >= 0.3 is 0 Å². The summed E-state index contributed by atoms with van der Waals surface area (Å²) in [5.74, 6) is 2.35. The van der Waals surface area contributed by atoms with Gasteiger partial charge in [0.15, 0.2) is 0 Å². The molecule has 2 radical (unpaired) electrons. The molecule has 2 fully saturated rings. The van der Waals surface area contributed by atoms with Crippen molar-refractivity contribution in [3.05, 3.63) is 0 Å². The molecule has 1 heterocycles. The predicted molar refractivity (Wildman–Crippen MR) is 38.6 cm³/mol. The van der Waals surface area contributed by atoms with E-state index in [0.29, 0.717) is 5.82 Å². The molecule has 2 unspecified atom stereocenters. The van der Waals surface area contributed by atoms with Crippen LogP contribution in [0.25, 0.3) is 0 Å². The van der Waals surface area contributed by atoms with Crippen LogP contribution in [-0.2, 0) is 0 Å². The Hall–Kier alpha value is 0.0249. The summed E-state index contributed by atoms with van der Waals surface area (Å²) in [5.41, 5.74) is 0. The Kier molecular flexibility index (Phi) is 1.29. The highest BCUT2D eigenvalue weighted by molar-refractivity contribution is 6.11. The van der Waals surface area contributed by atoms with Crippen molar-refractivity contribution >= 4 is 7.85 Å². The zero-order chi connectivity index (χ0) is 6.27. The van der Waals surface area contributed by atoms with Gasteiger partial charge in [-0.15, -0.1) is 0 Å². The van der Waals surface area contributed by atoms with Crippen LogP contribution in [0.5, 0.6) is 0 Å². The third-order valence-corrected chi connectivity index (χ3v) is 2.69. The Morgan fingerprint density at radius 1 is 1.11 bits per heavy atom. The first-order valence-corrected chi connectivity index (χ1v) is 3.82. The highest BCUT2D eigenvalue weighted by Gasteiger charge is 2.34. The first-order valence-electron chi connectivity index (χ1n) is 3.82. The van der Waals surface area contributed by atoms with E-state index in [1.807, 2.05) is 0 Å². The quantitative estimate of drug-likeness (QED) is 0.462. The number of nitrogens with one attached hydrogen (secondary N) is 1. The first kappa shape index (κ1) is 5.78. The number of hydrogen-bond acceptors (Lipinski definition) is 1. The minimum Gasteiger partial charge on any atom is -0.316 e. The summed E-state index contributed by atoms with van der Waals surface area (Å²) in [6, 6.07) is 0. The lowest BCUT2D eigenvalue weighted by Gasteiger charge is -2.03. The fraction of sp³-hybridized carbons (Fsp3) is 1.00. The van der Waals surface area contributed by atoms with Crippen LogP contribution in [-0.4, -0.2) is 20.9 Å². The molecule has 9 heavy (non-hydrogen) atoms. The van der Waals surface area contributed by atoms with E-state index in [2.05, 4.69) is 5.32 Å². The molecule has 1 nitrogen and oxygen atoms in total. The van der Waals surface area contributed by atoms with Crippen LogP contribution >= 0.6 is 0 Å². The molecule has 0 amide bonds. The van der Waals surface area contributed by atoms with Crippen LogP contribution in [0.3, 0.4) is 0 Å². The van der Waals surface area contributed by atoms with Gasteiger partial charge in [0.2, 0.25) is 0 Å². The first-order chi connectivity index (χ1) is 4.36. The second-order valence-corrected chi connectivity index (χ2v) is 3.41. The molecule has 2 atom stereocenters. The van der Waals surface area contributed by atoms with Crippen molar-refractivity contribution in [1.29, 1.82) is 0 Å². The minimum atomic E-state index is 0.516. The smallest absolute Gasteiger partial charge is 0.0699 e. The van der Waals surface area contributed by atoms with Gasteiger partial charge in [-0.25, -0.2) is 0 Å². The van der Waals surface area contributed by atoms with Gasteiger partial charge in [0.1, 0.15) is 0 Å². The van der Waals surface area contributed by atoms with Crippen molar-refractivity contribution in [2.45, 2.75) is 18.7 Å². The Balaban J connectivity index is 2.02. The maximum atomic E-state index is 5.80. The Morgan fingerprint density at radius 2 is 1.67 bits per heavy atom. The van der Waals surface area contributed by atoms with E-state index in [0.717, 1.165) is 11.8 Å². The topological polar surface area (TPSA) is 12.0 Å². The minimum absolute atomic E-state index is 0.516. The largest absolute Gasteiger partial charge is 0.316 e. The van der Waals surface area contributed by atoms with Gasteiger partial charge in [-0.2, -0.15) is 0 Å². The highest BCUT2D eigenvalue weighted by atomic mass is 14.9. The van der Waals surface area contributed by atoms with E-state index in [1.54, 1.807) is 0 Å². The van der Waals surface area contributed by atoms with Crippen LogP contribution in [0.1, 0.15) is 12.8 Å². The molecule has 0 bridgehead atoms. The summed E-state index contributed by atoms with van der Waals surface area (Å²) in [6.45, 7) is 2.44. The Morgan fingerprint density at radius 3 is 2.22 bits per heavy atom. The number of rotatable bonds is 0. The van der Waals surface area contributed by atoms with Gasteiger partial charge in [-0.05, 0) is 24.9 Å². The van der Waals surface area contributed by atoms with Crippen molar-refractivity contribution in [2.75, 3.05) is 13.1 Å². The SMILES string of the molecule is [B]C1CC2CNCC2C1. The lowest BCUT2D eigenvalue weighted by molar-refractivity contribution is 0.494. The van der Waals surface area contributed by atoms with Crippen LogP contribution in [0.15, 0.2) is 0 Å². The molecular weight excluding hydrogens is 109 g/mol. The van der Waals surface area contributed by atoms with Gasteiger partial charge < -0.3 is 5.32 Å². The monoisotopic (exact) mass is 121 g/mol. The molecular formula is C7H12BN. The lowest BCUT2D eigenvalue weighted by atomic mass is 9.85. The standard InChI is InChI=1S/C7H12BN/c8-7-1-5-3-9-4-6(5)2-7/h5-7,9H,1-4H2. The molecule has 1 aliphatic carbocycles. The fourth-order valence-corrected chi connectivity index (χ4v) is 2.21. The summed E-state index contributed by atoms with van der Waals surface area (Å²) in [7, 11) is 5.80. The molecule has 2 rings (SSSR count). The third-order valence-electron chi connectivity index (χ3n) is 2.69. The van der Waals surface area contributed by atoms with E-state index < -0.39 is 0 Å². The number of fused-ring (bicyclic) bond motifs is 1. The molecule has 0 aromatic rings. The predicted octanol–water partition coefficient (Wildman–Crippen LogP) is 0.573. The van der Waals surface area contributed by atoms with E-state index in [-0.39, 0.29) is 0 Å². The average Bonchev–Trinajstić information content (AvgIpc) is 2.22. The van der Waals surface area contributed by atoms with Gasteiger partial charge in [0.05, 0.1) is 7.85 Å². The zero-order valence-electron chi connectivity index (χ0n) is 5.64. The van der Waals surface area contributed by atoms with Gasteiger partial charge in [-0.1, -0.05) is 18.7 Å². The summed E-state index contributed by atoms with van der Waals surface area (Å²) in [6.07, 6.45) is 2.52. The second-order valence-electron chi connectivity index (χ2n) is 3.41. The molecule has 0 aromatic carbocycles. The van der Waals surface area contributed by atoms with E-state index in [9.17, 15) is 0 Å². The molecule has 48 valence electrons. The lowest BCUT2D eigenvalue weighted by Crippen LogP contribution is -2.10. The Labute approximate surface area is 57.6 Å². The molecule has 1 saturated heterocycles. The van der Waals surface area contributed by atoms with Crippen LogP contribution in [0.2, 0.25) is 5.82 Å². The summed E-state index contributed by atoms with van der Waals surface area (Å²) in [5, 5.41) is 3.39. The summed E-state index contributed by atoms with van der Waals surface area (Å²) in [4.78, 5) is 0. The molecule has 1 aliphatic heterocycles. The van der Waals surface area contributed by atoms with Crippen LogP contribution < -0.4 is 5.32 Å². The second kappa shape index (κ2) is 2.01. The number of hydrogen-bond donors (Lipinski definition) is 1. The molecule has 0 spiro atoms. The fourth-order valence-electron chi connectivity index (χ4n) is 2.21. The van der Waals surface area contributed by atoms with Crippen molar-refractivity contribution in [1.82, 2.24) is 5.32 Å². The highest BCUT2D eigenvalue weighted by Crippen LogP contribution is 2.39. The van der Waals surface area contributed by atoms with Crippen molar-refractivity contribution < 1.29 is 0 Å². The molecule has 1 N–H and O–H groups in total. The van der Waals surface area contributed by atoms with Crippen LogP contribution in [0.4, 0.5) is 0 Å². The van der Waals surface area contributed by atoms with Crippen molar-refractivity contribution in [3.8, 4) is 0 Å².